The van der Waals surface area contributed by atoms with Crippen molar-refractivity contribution in [2.45, 2.75) is 12.8 Å². The van der Waals surface area contributed by atoms with Crippen LogP contribution in [-0.2, 0) is 9.59 Å². The molecule has 14 heavy (non-hydrogen) atoms. The molecule has 5 heteroatoms. The molecule has 0 fully saturated rings. The number of carbonyl (C=O) groups is 2. The lowest BCUT2D eigenvalue weighted by Crippen LogP contribution is -2.42. The highest BCUT2D eigenvalue weighted by Crippen LogP contribution is 2.25. The number of carboxylic acids is 1. The second-order valence-corrected chi connectivity index (χ2v) is 3.57. The first-order valence-corrected chi connectivity index (χ1v) is 4.64. The van der Waals surface area contributed by atoms with Crippen molar-refractivity contribution in [3.63, 3.8) is 0 Å². The van der Waals surface area contributed by atoms with E-state index >= 15 is 0 Å². The van der Waals surface area contributed by atoms with Gasteiger partial charge in [-0.1, -0.05) is 0 Å². The molecule has 0 spiro atoms. The smallest absolute Gasteiger partial charge is 0.311 e. The Morgan fingerprint density at radius 1 is 1.50 bits per heavy atom. The van der Waals surface area contributed by atoms with Gasteiger partial charge in [0.2, 0.25) is 5.91 Å². The summed E-state index contributed by atoms with van der Waals surface area (Å²) in [6.07, 6.45) is 0.778. The third-order valence-corrected chi connectivity index (χ3v) is 2.65. The Bertz CT molecular complexity index is 322. The standard InChI is InChI=1S/C9H12N2O3/c12-8-3-5(9(13)14)6-4-10-2-1-7(6)11-8/h5,10H,1-4H2,(H,11,12)(H,13,14). The number of carbonyl (C=O) groups excluding carboxylic acids is 1. The van der Waals surface area contributed by atoms with Crippen molar-refractivity contribution < 1.29 is 14.7 Å². The second-order valence-electron chi connectivity index (χ2n) is 3.57. The molecule has 0 aromatic carbocycles. The van der Waals surface area contributed by atoms with E-state index in [-0.39, 0.29) is 12.3 Å². The van der Waals surface area contributed by atoms with Crippen LogP contribution in [0.4, 0.5) is 0 Å². The van der Waals surface area contributed by atoms with Gasteiger partial charge < -0.3 is 15.7 Å². The zero-order valence-corrected chi connectivity index (χ0v) is 7.67. The Balaban J connectivity index is 2.32. The molecule has 0 aromatic heterocycles. The maximum absolute atomic E-state index is 11.2. The fourth-order valence-corrected chi connectivity index (χ4v) is 1.94. The van der Waals surface area contributed by atoms with Crippen molar-refractivity contribution >= 4 is 11.9 Å². The maximum Gasteiger partial charge on any atom is 0.311 e. The van der Waals surface area contributed by atoms with Gasteiger partial charge in [0.25, 0.3) is 0 Å². The lowest BCUT2D eigenvalue weighted by atomic mass is 9.88. The summed E-state index contributed by atoms with van der Waals surface area (Å²) in [7, 11) is 0. The van der Waals surface area contributed by atoms with E-state index in [1.165, 1.54) is 0 Å². The average molecular weight is 196 g/mol. The third kappa shape index (κ3) is 1.50. The lowest BCUT2D eigenvalue weighted by molar-refractivity contribution is -0.143. The van der Waals surface area contributed by atoms with Crippen molar-refractivity contribution in [1.82, 2.24) is 10.6 Å². The number of hydrogen-bond acceptors (Lipinski definition) is 3. The highest BCUT2D eigenvalue weighted by molar-refractivity contribution is 5.87. The van der Waals surface area contributed by atoms with Crippen LogP contribution in [0.25, 0.3) is 0 Å². The Morgan fingerprint density at radius 3 is 3.00 bits per heavy atom. The first-order valence-electron chi connectivity index (χ1n) is 4.64. The molecule has 76 valence electrons. The van der Waals surface area contributed by atoms with Gasteiger partial charge in [-0.05, 0) is 5.57 Å². The van der Waals surface area contributed by atoms with Crippen LogP contribution in [0.15, 0.2) is 11.3 Å². The van der Waals surface area contributed by atoms with Crippen LogP contribution in [0.2, 0.25) is 0 Å². The quantitative estimate of drug-likeness (QED) is 0.526. The summed E-state index contributed by atoms with van der Waals surface area (Å²) in [4.78, 5) is 22.1. The van der Waals surface area contributed by atoms with Crippen LogP contribution in [-0.4, -0.2) is 30.1 Å². The van der Waals surface area contributed by atoms with Crippen LogP contribution >= 0.6 is 0 Å². The van der Waals surface area contributed by atoms with E-state index < -0.39 is 11.9 Å². The fourth-order valence-electron chi connectivity index (χ4n) is 1.94. The molecule has 0 aromatic rings. The number of carboxylic acid groups (broad SMARTS) is 1. The molecule has 1 unspecified atom stereocenters. The Hall–Kier alpha value is -1.36. The normalized spacial score (nSPS) is 26.9. The Morgan fingerprint density at radius 2 is 2.29 bits per heavy atom. The zero-order valence-electron chi connectivity index (χ0n) is 7.67. The maximum atomic E-state index is 11.2. The molecule has 2 heterocycles. The van der Waals surface area contributed by atoms with Crippen LogP contribution in [0.5, 0.6) is 0 Å². The molecule has 1 amide bonds. The van der Waals surface area contributed by atoms with Gasteiger partial charge in [-0.2, -0.15) is 0 Å². The number of aliphatic carboxylic acids is 1. The molecule has 2 aliphatic rings. The second kappa shape index (κ2) is 3.42. The van der Waals surface area contributed by atoms with Crippen molar-refractivity contribution in [3.05, 3.63) is 11.3 Å². The summed E-state index contributed by atoms with van der Waals surface area (Å²) in [5.41, 5.74) is 1.65. The molecular weight excluding hydrogens is 184 g/mol. The van der Waals surface area contributed by atoms with Gasteiger partial charge in [0, 0.05) is 31.6 Å². The molecule has 5 nitrogen and oxygen atoms in total. The summed E-state index contributed by atoms with van der Waals surface area (Å²) >= 11 is 0. The monoisotopic (exact) mass is 196 g/mol. The predicted molar refractivity (Wildman–Crippen MR) is 48.4 cm³/mol. The summed E-state index contributed by atoms with van der Waals surface area (Å²) < 4.78 is 0. The minimum atomic E-state index is -0.906. The molecule has 0 aliphatic carbocycles. The van der Waals surface area contributed by atoms with Gasteiger partial charge in [0.05, 0.1) is 5.92 Å². The van der Waals surface area contributed by atoms with E-state index in [9.17, 15) is 9.59 Å². The largest absolute Gasteiger partial charge is 0.481 e. The van der Waals surface area contributed by atoms with Crippen molar-refractivity contribution in [3.8, 4) is 0 Å². The highest BCUT2D eigenvalue weighted by Gasteiger charge is 2.33. The minimum absolute atomic E-state index is 0.0653. The first-order chi connectivity index (χ1) is 6.68. The van der Waals surface area contributed by atoms with Crippen LogP contribution in [0.1, 0.15) is 12.8 Å². The molecule has 0 bridgehead atoms. The summed E-state index contributed by atoms with van der Waals surface area (Å²) in [6.45, 7) is 1.37. The van der Waals surface area contributed by atoms with E-state index in [1.54, 1.807) is 0 Å². The summed E-state index contributed by atoms with van der Waals surface area (Å²) in [6, 6.07) is 0. The van der Waals surface area contributed by atoms with Crippen molar-refractivity contribution in [1.29, 1.82) is 0 Å². The summed E-state index contributed by atoms with van der Waals surface area (Å²) in [5, 5.41) is 14.8. The van der Waals surface area contributed by atoms with E-state index in [4.69, 9.17) is 5.11 Å². The van der Waals surface area contributed by atoms with Crippen molar-refractivity contribution in [2.24, 2.45) is 5.92 Å². The Kier molecular flexibility index (Phi) is 2.25. The van der Waals surface area contributed by atoms with E-state index in [2.05, 4.69) is 10.6 Å². The molecular formula is C9H12N2O3. The zero-order chi connectivity index (χ0) is 10.1. The van der Waals surface area contributed by atoms with Gasteiger partial charge in [-0.15, -0.1) is 0 Å². The first kappa shape index (κ1) is 9.21. The number of hydrogen-bond donors (Lipinski definition) is 3. The molecule has 1 atom stereocenters. The average Bonchev–Trinajstić information content (AvgIpc) is 2.16. The number of amides is 1. The lowest BCUT2D eigenvalue weighted by Gasteiger charge is -2.29. The predicted octanol–water partition coefficient (Wildman–Crippen LogP) is -0.546. The molecule has 3 N–H and O–H groups in total. The van der Waals surface area contributed by atoms with Gasteiger partial charge >= 0.3 is 5.97 Å². The van der Waals surface area contributed by atoms with Gasteiger partial charge in [0.15, 0.2) is 0 Å². The van der Waals surface area contributed by atoms with Crippen LogP contribution < -0.4 is 10.6 Å². The highest BCUT2D eigenvalue weighted by atomic mass is 16.4. The third-order valence-electron chi connectivity index (χ3n) is 2.65. The Labute approximate surface area is 81.2 Å². The molecule has 0 radical (unpaired) electrons. The number of rotatable bonds is 1. The molecule has 0 saturated carbocycles. The summed E-state index contributed by atoms with van der Waals surface area (Å²) in [5.74, 6) is -1.72. The number of nitrogens with one attached hydrogen (secondary N) is 2. The van der Waals surface area contributed by atoms with Gasteiger partial charge in [-0.3, -0.25) is 9.59 Å². The van der Waals surface area contributed by atoms with Crippen molar-refractivity contribution in [2.75, 3.05) is 13.1 Å². The minimum Gasteiger partial charge on any atom is -0.481 e. The fraction of sp³-hybridized carbons (Fsp3) is 0.556. The topological polar surface area (TPSA) is 78.4 Å². The molecule has 2 aliphatic heterocycles. The SMILES string of the molecule is O=C1CC(C(=O)O)C2=C(CCNC2)N1. The van der Waals surface area contributed by atoms with Gasteiger partial charge in [-0.25, -0.2) is 0 Å². The van der Waals surface area contributed by atoms with E-state index in [0.29, 0.717) is 13.0 Å². The van der Waals surface area contributed by atoms with Crippen LogP contribution in [0, 0.1) is 5.92 Å². The molecule has 0 saturated heterocycles. The van der Waals surface area contributed by atoms with Gasteiger partial charge in [0.1, 0.15) is 0 Å². The molecule has 2 rings (SSSR count). The van der Waals surface area contributed by atoms with E-state index in [1.807, 2.05) is 0 Å². The van der Waals surface area contributed by atoms with Crippen LogP contribution in [0.3, 0.4) is 0 Å². The van der Waals surface area contributed by atoms with E-state index in [0.717, 1.165) is 17.8 Å².